The fourth-order valence-corrected chi connectivity index (χ4v) is 4.34. The monoisotopic (exact) mass is 408 g/mol. The number of thiazole rings is 1. The quantitative estimate of drug-likeness (QED) is 0.480. The first-order valence-electron chi connectivity index (χ1n) is 8.59. The average molecular weight is 409 g/mol. The summed E-state index contributed by atoms with van der Waals surface area (Å²) in [6.45, 7) is -0.339. The maximum Gasteiger partial charge on any atom is 0.338 e. The minimum atomic E-state index is -0.530. The number of carbonyl (C=O) groups is 2. The summed E-state index contributed by atoms with van der Waals surface area (Å²) < 4.78 is 6.11. The average Bonchev–Trinajstić information content (AvgIpc) is 3.42. The number of carbonyl (C=O) groups excluding carboxylic acids is 2. The van der Waals surface area contributed by atoms with E-state index in [1.54, 1.807) is 35.0 Å². The lowest BCUT2D eigenvalue weighted by Crippen LogP contribution is -2.32. The highest BCUT2D eigenvalue weighted by Crippen LogP contribution is 2.26. The molecule has 2 aromatic carbocycles. The lowest BCUT2D eigenvalue weighted by atomic mass is 10.1. The van der Waals surface area contributed by atoms with Crippen molar-refractivity contribution in [3.63, 3.8) is 0 Å². The molecule has 0 unspecified atom stereocenters. The number of fused-ring (bicyclic) bond motifs is 1. The number of nitrogens with zero attached hydrogens (tertiary/aromatic N) is 1. The van der Waals surface area contributed by atoms with E-state index in [-0.39, 0.29) is 18.6 Å². The Morgan fingerprint density at radius 1 is 1.04 bits per heavy atom. The highest BCUT2D eigenvalue weighted by atomic mass is 32.1. The number of hydrogen-bond acceptors (Lipinski definition) is 6. The standard InChI is InChI=1S/C21H16N2O3S2/c24-19(12-26-21(25)15-8-9-16-18(11-15)28-13-22-16)23-20(17-7-4-10-27-17)14-5-2-1-3-6-14/h1-11,13,20H,12H2,(H,23,24)/t20-/m0/s1. The van der Waals surface area contributed by atoms with E-state index >= 15 is 0 Å². The van der Waals surface area contributed by atoms with Gasteiger partial charge in [-0.25, -0.2) is 9.78 Å². The SMILES string of the molecule is O=C(COC(=O)c1ccc2ncsc2c1)N[C@@H](c1ccccc1)c1cccs1. The summed E-state index contributed by atoms with van der Waals surface area (Å²) in [5, 5.41) is 4.92. The van der Waals surface area contributed by atoms with E-state index in [1.165, 1.54) is 11.3 Å². The molecule has 4 rings (SSSR count). The highest BCUT2D eigenvalue weighted by Gasteiger charge is 2.19. The Labute approximate surface area is 169 Å². The molecule has 2 aromatic heterocycles. The molecule has 5 nitrogen and oxygen atoms in total. The summed E-state index contributed by atoms with van der Waals surface area (Å²) in [4.78, 5) is 29.9. The Hall–Kier alpha value is -3.03. The number of ether oxygens (including phenoxy) is 1. The number of rotatable bonds is 6. The van der Waals surface area contributed by atoms with Gasteiger partial charge in [0, 0.05) is 4.88 Å². The molecule has 0 bridgehead atoms. The number of esters is 1. The van der Waals surface area contributed by atoms with Gasteiger partial charge in [0.2, 0.25) is 0 Å². The van der Waals surface area contributed by atoms with Crippen molar-refractivity contribution in [2.45, 2.75) is 6.04 Å². The van der Waals surface area contributed by atoms with Crippen molar-refractivity contribution in [3.05, 3.63) is 87.6 Å². The molecule has 0 saturated carbocycles. The van der Waals surface area contributed by atoms with Gasteiger partial charge in [-0.15, -0.1) is 22.7 Å². The molecule has 1 N–H and O–H groups in total. The fraction of sp³-hybridized carbons (Fsp3) is 0.0952. The summed E-state index contributed by atoms with van der Waals surface area (Å²) in [6.07, 6.45) is 0. The smallest absolute Gasteiger partial charge is 0.338 e. The van der Waals surface area contributed by atoms with E-state index in [0.29, 0.717) is 5.56 Å². The van der Waals surface area contributed by atoms with Crippen molar-refractivity contribution >= 4 is 44.8 Å². The summed E-state index contributed by atoms with van der Waals surface area (Å²) in [5.41, 5.74) is 3.94. The minimum absolute atomic E-state index is 0.277. The largest absolute Gasteiger partial charge is 0.452 e. The highest BCUT2D eigenvalue weighted by molar-refractivity contribution is 7.16. The van der Waals surface area contributed by atoms with Gasteiger partial charge in [0.1, 0.15) is 0 Å². The molecule has 28 heavy (non-hydrogen) atoms. The van der Waals surface area contributed by atoms with Gasteiger partial charge < -0.3 is 10.1 Å². The Bertz CT molecular complexity index is 1090. The molecule has 2 heterocycles. The number of aromatic nitrogens is 1. The van der Waals surface area contributed by atoms with Crippen molar-refractivity contribution in [1.29, 1.82) is 0 Å². The van der Waals surface area contributed by atoms with Crippen LogP contribution in [0.1, 0.15) is 26.8 Å². The van der Waals surface area contributed by atoms with Gasteiger partial charge in [0.05, 0.1) is 27.3 Å². The van der Waals surface area contributed by atoms with Gasteiger partial charge in [0.15, 0.2) is 6.61 Å². The molecule has 140 valence electrons. The zero-order chi connectivity index (χ0) is 19.3. The predicted octanol–water partition coefficient (Wildman–Crippen LogP) is 4.42. The molecular weight excluding hydrogens is 392 g/mol. The zero-order valence-corrected chi connectivity index (χ0v) is 16.3. The van der Waals surface area contributed by atoms with E-state index in [0.717, 1.165) is 20.7 Å². The third-order valence-corrected chi connectivity index (χ3v) is 5.90. The maximum atomic E-state index is 12.4. The van der Waals surface area contributed by atoms with Crippen LogP contribution in [0.4, 0.5) is 0 Å². The lowest BCUT2D eigenvalue weighted by Gasteiger charge is -2.18. The molecule has 0 radical (unpaired) electrons. The number of amides is 1. The normalized spacial score (nSPS) is 11.9. The summed E-state index contributed by atoms with van der Waals surface area (Å²) in [7, 11) is 0. The van der Waals surface area contributed by atoms with Gasteiger partial charge in [0.25, 0.3) is 5.91 Å². The van der Waals surface area contributed by atoms with E-state index < -0.39 is 5.97 Å². The van der Waals surface area contributed by atoms with Gasteiger partial charge in [-0.3, -0.25) is 4.79 Å². The Morgan fingerprint density at radius 3 is 2.68 bits per heavy atom. The van der Waals surface area contributed by atoms with Gasteiger partial charge in [-0.05, 0) is 35.2 Å². The maximum absolute atomic E-state index is 12.4. The second kappa shape index (κ2) is 8.33. The van der Waals surface area contributed by atoms with Crippen molar-refractivity contribution in [1.82, 2.24) is 10.3 Å². The first-order chi connectivity index (χ1) is 13.7. The van der Waals surface area contributed by atoms with Crippen LogP contribution in [0.25, 0.3) is 10.2 Å². The van der Waals surface area contributed by atoms with Crippen molar-refractivity contribution in [2.75, 3.05) is 6.61 Å². The number of hydrogen-bond donors (Lipinski definition) is 1. The van der Waals surface area contributed by atoms with E-state index in [4.69, 9.17) is 4.74 Å². The summed E-state index contributed by atoms with van der Waals surface area (Å²) in [6, 6.07) is 18.5. The first kappa shape index (κ1) is 18.3. The van der Waals surface area contributed by atoms with Crippen LogP contribution in [-0.4, -0.2) is 23.5 Å². The minimum Gasteiger partial charge on any atom is -0.452 e. The van der Waals surface area contributed by atoms with Crippen LogP contribution in [0.3, 0.4) is 0 Å². The third-order valence-electron chi connectivity index (χ3n) is 4.17. The van der Waals surface area contributed by atoms with Crippen LogP contribution in [0.2, 0.25) is 0 Å². The predicted molar refractivity (Wildman–Crippen MR) is 111 cm³/mol. The number of nitrogens with one attached hydrogen (secondary N) is 1. The molecule has 0 aliphatic rings. The second-order valence-electron chi connectivity index (χ2n) is 6.04. The van der Waals surface area contributed by atoms with Crippen molar-refractivity contribution in [2.24, 2.45) is 0 Å². The molecule has 1 atom stereocenters. The van der Waals surface area contributed by atoms with Crippen LogP contribution in [0, 0.1) is 0 Å². The van der Waals surface area contributed by atoms with Crippen LogP contribution < -0.4 is 5.32 Å². The second-order valence-corrected chi connectivity index (χ2v) is 7.90. The van der Waals surface area contributed by atoms with Crippen LogP contribution in [0.15, 0.2) is 71.6 Å². The zero-order valence-electron chi connectivity index (χ0n) is 14.7. The Morgan fingerprint density at radius 2 is 1.89 bits per heavy atom. The van der Waals surface area contributed by atoms with Crippen molar-refractivity contribution < 1.29 is 14.3 Å². The first-order valence-corrected chi connectivity index (χ1v) is 10.3. The number of benzene rings is 2. The Kier molecular flexibility index (Phi) is 5.45. The topological polar surface area (TPSA) is 68.3 Å². The molecule has 4 aromatic rings. The molecule has 7 heteroatoms. The van der Waals surface area contributed by atoms with Crippen molar-refractivity contribution in [3.8, 4) is 0 Å². The number of thiophene rings is 1. The summed E-state index contributed by atoms with van der Waals surface area (Å²) in [5.74, 6) is -0.882. The van der Waals surface area contributed by atoms with Gasteiger partial charge >= 0.3 is 5.97 Å². The molecule has 0 aliphatic heterocycles. The molecule has 0 saturated heterocycles. The van der Waals surface area contributed by atoms with Gasteiger partial charge in [-0.1, -0.05) is 36.4 Å². The Balaban J connectivity index is 1.41. The molecule has 0 spiro atoms. The van der Waals surface area contributed by atoms with Crippen LogP contribution in [-0.2, 0) is 9.53 Å². The molecule has 1 amide bonds. The third kappa shape index (κ3) is 4.11. The molecular formula is C21H16N2O3S2. The fourth-order valence-electron chi connectivity index (χ4n) is 2.82. The molecule has 0 aliphatic carbocycles. The summed E-state index contributed by atoms with van der Waals surface area (Å²) >= 11 is 3.01. The van der Waals surface area contributed by atoms with Crippen LogP contribution >= 0.6 is 22.7 Å². The molecule has 0 fully saturated rings. The van der Waals surface area contributed by atoms with E-state index in [2.05, 4.69) is 10.3 Å². The van der Waals surface area contributed by atoms with Gasteiger partial charge in [-0.2, -0.15) is 0 Å². The van der Waals surface area contributed by atoms with E-state index in [1.807, 2.05) is 47.8 Å². The lowest BCUT2D eigenvalue weighted by molar-refractivity contribution is -0.124. The van der Waals surface area contributed by atoms with Crippen LogP contribution in [0.5, 0.6) is 0 Å². The van der Waals surface area contributed by atoms with E-state index in [9.17, 15) is 9.59 Å².